The summed E-state index contributed by atoms with van der Waals surface area (Å²) in [7, 11) is 3.54. The molecule has 0 unspecified atom stereocenters. The minimum Gasteiger partial charge on any atom is -0.347 e. The van der Waals surface area contributed by atoms with Crippen LogP contribution in [-0.4, -0.2) is 29.0 Å². The van der Waals surface area contributed by atoms with Gasteiger partial charge in [0, 0.05) is 19.8 Å². The summed E-state index contributed by atoms with van der Waals surface area (Å²) < 4.78 is 13.4. The summed E-state index contributed by atoms with van der Waals surface area (Å²) in [5.74, 6) is 5.40. The van der Waals surface area contributed by atoms with Crippen molar-refractivity contribution in [2.75, 3.05) is 29.7 Å². The Morgan fingerprint density at radius 3 is 2.19 bits per heavy atom. The van der Waals surface area contributed by atoms with E-state index in [4.69, 9.17) is 29.0 Å². The Bertz CT molecular complexity index is 642. The van der Waals surface area contributed by atoms with Crippen molar-refractivity contribution in [2.24, 2.45) is 5.84 Å². The number of benzene rings is 1. The summed E-state index contributed by atoms with van der Waals surface area (Å²) in [5.41, 5.74) is 2.77. The summed E-state index contributed by atoms with van der Waals surface area (Å²) in [6.45, 7) is 0. The van der Waals surface area contributed by atoms with Crippen LogP contribution in [0.3, 0.4) is 0 Å². The molecule has 1 aromatic carbocycles. The van der Waals surface area contributed by atoms with Gasteiger partial charge in [0.15, 0.2) is 5.82 Å². The smallest absolute Gasteiger partial charge is 0.243 e. The van der Waals surface area contributed by atoms with Crippen molar-refractivity contribution < 1.29 is 4.39 Å². The van der Waals surface area contributed by atoms with Gasteiger partial charge in [-0.1, -0.05) is 23.2 Å². The number of aromatic nitrogens is 3. The van der Waals surface area contributed by atoms with Crippen molar-refractivity contribution >= 4 is 46.7 Å². The molecule has 2 aromatic rings. The second-order valence-electron chi connectivity index (χ2n) is 4.20. The SMILES string of the molecule is CN(C)c1nc(NN)nc(Nc2cc(Cl)c(F)c(Cl)c2)n1. The molecular weight excluding hydrogens is 320 g/mol. The summed E-state index contributed by atoms with van der Waals surface area (Å²) in [6, 6.07) is 2.74. The fraction of sp³-hybridized carbons (Fsp3) is 0.182. The number of nitrogen functional groups attached to an aromatic ring is 1. The van der Waals surface area contributed by atoms with E-state index >= 15 is 0 Å². The lowest BCUT2D eigenvalue weighted by Crippen LogP contribution is -2.18. The standard InChI is InChI=1S/C11H12Cl2FN7/c1-21(2)11-18-9(17-10(19-11)20-15)16-5-3-6(12)8(14)7(13)4-5/h3-4H,15H2,1-2H3,(H2,16,17,18,19,20). The van der Waals surface area contributed by atoms with Gasteiger partial charge in [0.1, 0.15) is 0 Å². The van der Waals surface area contributed by atoms with Crippen LogP contribution < -0.4 is 21.5 Å². The second kappa shape index (κ2) is 6.25. The van der Waals surface area contributed by atoms with Gasteiger partial charge in [-0.3, -0.25) is 5.43 Å². The van der Waals surface area contributed by atoms with Gasteiger partial charge in [-0.15, -0.1) is 0 Å². The van der Waals surface area contributed by atoms with Crippen LogP contribution >= 0.6 is 23.2 Å². The molecule has 0 saturated heterocycles. The zero-order valence-corrected chi connectivity index (χ0v) is 12.7. The number of halogens is 3. The summed E-state index contributed by atoms with van der Waals surface area (Å²) in [5, 5.41) is 2.65. The number of rotatable bonds is 4. The van der Waals surface area contributed by atoms with Gasteiger partial charge in [0.25, 0.3) is 0 Å². The maximum Gasteiger partial charge on any atom is 0.243 e. The molecular formula is C11H12Cl2FN7. The van der Waals surface area contributed by atoms with Crippen LogP contribution in [0.2, 0.25) is 10.0 Å². The van der Waals surface area contributed by atoms with E-state index in [9.17, 15) is 4.39 Å². The zero-order chi connectivity index (χ0) is 15.6. The fourth-order valence-corrected chi connectivity index (χ4v) is 1.93. The van der Waals surface area contributed by atoms with Crippen LogP contribution in [0.1, 0.15) is 0 Å². The van der Waals surface area contributed by atoms with Gasteiger partial charge in [-0.05, 0) is 12.1 Å². The monoisotopic (exact) mass is 331 g/mol. The van der Waals surface area contributed by atoms with Gasteiger partial charge < -0.3 is 10.2 Å². The molecule has 0 saturated carbocycles. The van der Waals surface area contributed by atoms with Crippen molar-refractivity contribution in [1.29, 1.82) is 0 Å². The quantitative estimate of drug-likeness (QED) is 0.450. The third-order valence-corrected chi connectivity index (χ3v) is 2.94. The largest absolute Gasteiger partial charge is 0.347 e. The molecule has 0 aliphatic rings. The van der Waals surface area contributed by atoms with Crippen LogP contribution in [-0.2, 0) is 0 Å². The van der Waals surface area contributed by atoms with Crippen LogP contribution in [0, 0.1) is 5.82 Å². The highest BCUT2D eigenvalue weighted by atomic mass is 35.5. The van der Waals surface area contributed by atoms with E-state index in [0.29, 0.717) is 11.6 Å². The van der Waals surface area contributed by atoms with Crippen molar-refractivity contribution in [2.45, 2.75) is 0 Å². The minimum absolute atomic E-state index is 0.107. The molecule has 0 amide bonds. The molecule has 0 aliphatic heterocycles. The predicted molar refractivity (Wildman–Crippen MR) is 81.7 cm³/mol. The van der Waals surface area contributed by atoms with Crippen LogP contribution in [0.25, 0.3) is 0 Å². The highest BCUT2D eigenvalue weighted by Gasteiger charge is 2.11. The first kappa shape index (κ1) is 15.5. The Hall–Kier alpha value is -1.90. The zero-order valence-electron chi connectivity index (χ0n) is 11.2. The molecule has 1 aromatic heterocycles. The molecule has 4 N–H and O–H groups in total. The van der Waals surface area contributed by atoms with Gasteiger partial charge in [0.05, 0.1) is 10.0 Å². The molecule has 1 heterocycles. The maximum atomic E-state index is 13.4. The number of hydrogen-bond acceptors (Lipinski definition) is 7. The molecule has 7 nitrogen and oxygen atoms in total. The average Bonchev–Trinajstić information content (AvgIpc) is 2.44. The van der Waals surface area contributed by atoms with E-state index in [1.807, 2.05) is 0 Å². The number of nitrogens with zero attached hydrogens (tertiary/aromatic N) is 4. The van der Waals surface area contributed by atoms with Gasteiger partial charge in [-0.2, -0.15) is 15.0 Å². The lowest BCUT2D eigenvalue weighted by Gasteiger charge is -2.13. The third kappa shape index (κ3) is 3.60. The van der Waals surface area contributed by atoms with Crippen molar-refractivity contribution in [3.05, 3.63) is 28.0 Å². The van der Waals surface area contributed by atoms with Gasteiger partial charge in [0.2, 0.25) is 17.8 Å². The fourth-order valence-electron chi connectivity index (χ4n) is 1.44. The first-order valence-electron chi connectivity index (χ1n) is 5.72. The Kier molecular flexibility index (Phi) is 4.61. The Morgan fingerprint density at radius 2 is 1.67 bits per heavy atom. The van der Waals surface area contributed by atoms with E-state index in [2.05, 4.69) is 25.7 Å². The highest BCUT2D eigenvalue weighted by molar-refractivity contribution is 6.35. The normalized spacial score (nSPS) is 10.4. The van der Waals surface area contributed by atoms with E-state index in [0.717, 1.165) is 0 Å². The molecule has 2 rings (SSSR count). The Labute approximate surface area is 130 Å². The lowest BCUT2D eigenvalue weighted by molar-refractivity contribution is 0.629. The van der Waals surface area contributed by atoms with E-state index < -0.39 is 5.82 Å². The first-order chi connectivity index (χ1) is 9.90. The summed E-state index contributed by atoms with van der Waals surface area (Å²) in [4.78, 5) is 13.9. The molecule has 0 spiro atoms. The van der Waals surface area contributed by atoms with Crippen molar-refractivity contribution in [3.8, 4) is 0 Å². The number of hydrogen-bond donors (Lipinski definition) is 3. The van der Waals surface area contributed by atoms with E-state index in [1.54, 1.807) is 19.0 Å². The molecule has 0 radical (unpaired) electrons. The second-order valence-corrected chi connectivity index (χ2v) is 5.01. The molecule has 10 heteroatoms. The number of anilines is 4. The molecule has 0 fully saturated rings. The molecule has 0 aliphatic carbocycles. The van der Waals surface area contributed by atoms with Gasteiger partial charge >= 0.3 is 0 Å². The summed E-state index contributed by atoms with van der Waals surface area (Å²) in [6.07, 6.45) is 0. The molecule has 21 heavy (non-hydrogen) atoms. The molecule has 0 atom stereocenters. The Balaban J connectivity index is 2.37. The van der Waals surface area contributed by atoms with Crippen LogP contribution in [0.5, 0.6) is 0 Å². The molecule has 0 bridgehead atoms. The van der Waals surface area contributed by atoms with Crippen molar-refractivity contribution in [1.82, 2.24) is 15.0 Å². The topological polar surface area (TPSA) is 92.0 Å². The highest BCUT2D eigenvalue weighted by Crippen LogP contribution is 2.28. The molecule has 112 valence electrons. The number of nitrogens with two attached hydrogens (primary N) is 1. The predicted octanol–water partition coefficient (Wildman–Crippen LogP) is 2.41. The average molecular weight is 332 g/mol. The lowest BCUT2D eigenvalue weighted by atomic mass is 10.3. The summed E-state index contributed by atoms with van der Waals surface area (Å²) >= 11 is 11.5. The minimum atomic E-state index is -0.683. The number of hydrazine groups is 1. The Morgan fingerprint density at radius 1 is 1.10 bits per heavy atom. The number of nitrogens with one attached hydrogen (secondary N) is 2. The first-order valence-corrected chi connectivity index (χ1v) is 6.48. The van der Waals surface area contributed by atoms with E-state index in [1.165, 1.54) is 12.1 Å². The van der Waals surface area contributed by atoms with Crippen molar-refractivity contribution in [3.63, 3.8) is 0 Å². The van der Waals surface area contributed by atoms with Crippen LogP contribution in [0.15, 0.2) is 12.1 Å². The van der Waals surface area contributed by atoms with Gasteiger partial charge in [-0.25, -0.2) is 10.2 Å². The third-order valence-electron chi connectivity index (χ3n) is 2.39. The maximum absolute atomic E-state index is 13.4. The van der Waals surface area contributed by atoms with E-state index in [-0.39, 0.29) is 21.9 Å². The van der Waals surface area contributed by atoms with Crippen LogP contribution in [0.4, 0.5) is 27.9 Å².